The zero-order chi connectivity index (χ0) is 11.4. The molecule has 1 aliphatic heterocycles. The van der Waals surface area contributed by atoms with Crippen molar-refractivity contribution in [3.63, 3.8) is 0 Å². The van der Waals surface area contributed by atoms with Crippen molar-refractivity contribution in [3.05, 3.63) is 23.9 Å². The molecule has 0 amide bonds. The van der Waals surface area contributed by atoms with Crippen molar-refractivity contribution < 1.29 is 0 Å². The summed E-state index contributed by atoms with van der Waals surface area (Å²) < 4.78 is 0. The summed E-state index contributed by atoms with van der Waals surface area (Å²) in [6.45, 7) is 9.04. The van der Waals surface area contributed by atoms with Gasteiger partial charge in [-0.25, -0.2) is 4.98 Å². The van der Waals surface area contributed by atoms with Crippen molar-refractivity contribution in [3.8, 4) is 0 Å². The monoisotopic (exact) mass is 256 g/mol. The van der Waals surface area contributed by atoms with Crippen LogP contribution in [0.3, 0.4) is 0 Å². The highest BCUT2D eigenvalue weighted by molar-refractivity contribution is 5.85. The third-order valence-electron chi connectivity index (χ3n) is 3.17. The highest BCUT2D eigenvalue weighted by Crippen LogP contribution is 2.08. The fraction of sp³-hybridized carbons (Fsp3) is 0.583. The minimum atomic E-state index is 0. The SMILES string of the molecule is CCN1CCN(Cc2ccc(N)nc2)CC1.Cl. The summed E-state index contributed by atoms with van der Waals surface area (Å²) >= 11 is 0. The average molecular weight is 257 g/mol. The number of nitrogens with two attached hydrogens (primary N) is 1. The zero-order valence-corrected chi connectivity index (χ0v) is 11.1. The van der Waals surface area contributed by atoms with Crippen LogP contribution in [0.1, 0.15) is 12.5 Å². The van der Waals surface area contributed by atoms with Crippen LogP contribution in [0.4, 0.5) is 5.82 Å². The van der Waals surface area contributed by atoms with Crippen LogP contribution in [0.25, 0.3) is 0 Å². The molecule has 1 fully saturated rings. The number of likely N-dealkylation sites (N-methyl/N-ethyl adjacent to an activating group) is 1. The number of piperazine rings is 1. The van der Waals surface area contributed by atoms with Crippen LogP contribution in [0.5, 0.6) is 0 Å². The summed E-state index contributed by atoms with van der Waals surface area (Å²) in [7, 11) is 0. The molecule has 2 N–H and O–H groups in total. The Kier molecular flexibility index (Phi) is 5.68. The van der Waals surface area contributed by atoms with E-state index in [0.717, 1.165) is 26.2 Å². The van der Waals surface area contributed by atoms with Gasteiger partial charge < -0.3 is 10.6 Å². The van der Waals surface area contributed by atoms with E-state index in [1.165, 1.54) is 18.7 Å². The first-order chi connectivity index (χ1) is 7.78. The predicted octanol–water partition coefficient (Wildman–Crippen LogP) is 1.22. The topological polar surface area (TPSA) is 45.4 Å². The Hall–Kier alpha value is -0.840. The van der Waals surface area contributed by atoms with Crippen LogP contribution < -0.4 is 5.73 Å². The second kappa shape index (κ2) is 6.79. The van der Waals surface area contributed by atoms with Gasteiger partial charge in [-0.15, -0.1) is 12.4 Å². The molecule has 4 nitrogen and oxygen atoms in total. The number of anilines is 1. The van der Waals surface area contributed by atoms with Crippen LogP contribution in [0, 0.1) is 0 Å². The Balaban J connectivity index is 0.00000144. The Morgan fingerprint density at radius 2 is 1.82 bits per heavy atom. The molecule has 0 aliphatic carbocycles. The lowest BCUT2D eigenvalue weighted by Crippen LogP contribution is -2.45. The van der Waals surface area contributed by atoms with E-state index in [-0.39, 0.29) is 12.4 Å². The van der Waals surface area contributed by atoms with Gasteiger partial charge in [-0.3, -0.25) is 4.90 Å². The minimum Gasteiger partial charge on any atom is -0.384 e. The van der Waals surface area contributed by atoms with Gasteiger partial charge in [-0.1, -0.05) is 13.0 Å². The first kappa shape index (κ1) is 14.2. The van der Waals surface area contributed by atoms with E-state index < -0.39 is 0 Å². The molecule has 0 atom stereocenters. The molecule has 17 heavy (non-hydrogen) atoms. The predicted molar refractivity (Wildman–Crippen MR) is 73.3 cm³/mol. The first-order valence-corrected chi connectivity index (χ1v) is 5.93. The van der Waals surface area contributed by atoms with E-state index in [1.807, 2.05) is 12.3 Å². The van der Waals surface area contributed by atoms with Gasteiger partial charge >= 0.3 is 0 Å². The van der Waals surface area contributed by atoms with E-state index in [2.05, 4.69) is 27.8 Å². The quantitative estimate of drug-likeness (QED) is 0.884. The maximum Gasteiger partial charge on any atom is 0.123 e. The van der Waals surface area contributed by atoms with Gasteiger partial charge in [0.25, 0.3) is 0 Å². The Bertz CT molecular complexity index is 320. The Morgan fingerprint density at radius 3 is 2.35 bits per heavy atom. The second-order valence-corrected chi connectivity index (χ2v) is 4.30. The van der Waals surface area contributed by atoms with Crippen molar-refractivity contribution in [1.82, 2.24) is 14.8 Å². The minimum absolute atomic E-state index is 0. The summed E-state index contributed by atoms with van der Waals surface area (Å²) in [4.78, 5) is 9.07. The second-order valence-electron chi connectivity index (χ2n) is 4.30. The van der Waals surface area contributed by atoms with Gasteiger partial charge in [0.2, 0.25) is 0 Å². The summed E-state index contributed by atoms with van der Waals surface area (Å²) in [6.07, 6.45) is 1.88. The molecule has 1 saturated heterocycles. The van der Waals surface area contributed by atoms with Crippen LogP contribution >= 0.6 is 12.4 Å². The normalized spacial score (nSPS) is 17.7. The molecule has 0 bridgehead atoms. The summed E-state index contributed by atoms with van der Waals surface area (Å²) in [6, 6.07) is 3.94. The van der Waals surface area contributed by atoms with Crippen molar-refractivity contribution in [2.24, 2.45) is 0 Å². The van der Waals surface area contributed by atoms with Crippen molar-refractivity contribution in [2.45, 2.75) is 13.5 Å². The van der Waals surface area contributed by atoms with Crippen LogP contribution in [-0.4, -0.2) is 47.5 Å². The van der Waals surface area contributed by atoms with Crippen molar-refractivity contribution in [1.29, 1.82) is 0 Å². The highest BCUT2D eigenvalue weighted by atomic mass is 35.5. The van der Waals surface area contributed by atoms with Gasteiger partial charge in [0.05, 0.1) is 0 Å². The molecule has 2 heterocycles. The maximum atomic E-state index is 5.56. The zero-order valence-electron chi connectivity index (χ0n) is 10.3. The van der Waals surface area contributed by atoms with Gasteiger partial charge in [-0.2, -0.15) is 0 Å². The van der Waals surface area contributed by atoms with E-state index in [9.17, 15) is 0 Å². The third-order valence-corrected chi connectivity index (χ3v) is 3.17. The Morgan fingerprint density at radius 1 is 1.18 bits per heavy atom. The number of nitrogen functional groups attached to an aromatic ring is 1. The molecule has 0 aromatic carbocycles. The molecular formula is C12H21ClN4. The molecule has 0 saturated carbocycles. The van der Waals surface area contributed by atoms with E-state index >= 15 is 0 Å². The lowest BCUT2D eigenvalue weighted by Gasteiger charge is -2.33. The molecule has 0 unspecified atom stereocenters. The lowest BCUT2D eigenvalue weighted by atomic mass is 10.2. The molecule has 0 radical (unpaired) electrons. The van der Waals surface area contributed by atoms with Crippen molar-refractivity contribution in [2.75, 3.05) is 38.5 Å². The number of nitrogens with zero attached hydrogens (tertiary/aromatic N) is 3. The average Bonchev–Trinajstić information content (AvgIpc) is 2.33. The number of hydrogen-bond acceptors (Lipinski definition) is 4. The van der Waals surface area contributed by atoms with Crippen LogP contribution in [0.2, 0.25) is 0 Å². The van der Waals surface area contributed by atoms with Gasteiger partial charge in [-0.05, 0) is 18.2 Å². The largest absolute Gasteiger partial charge is 0.384 e. The summed E-state index contributed by atoms with van der Waals surface area (Å²) in [5, 5.41) is 0. The highest BCUT2D eigenvalue weighted by Gasteiger charge is 2.15. The molecule has 1 aromatic heterocycles. The molecule has 1 aliphatic rings. The first-order valence-electron chi connectivity index (χ1n) is 5.93. The number of pyridine rings is 1. The molecule has 1 aromatic rings. The summed E-state index contributed by atoms with van der Waals surface area (Å²) in [5.74, 6) is 0.597. The fourth-order valence-corrected chi connectivity index (χ4v) is 2.05. The molecule has 96 valence electrons. The standard InChI is InChI=1S/C12H20N4.ClH/c1-2-15-5-7-16(8-6-15)10-11-3-4-12(13)14-9-11;/h3-4,9H,2,5-8,10H2,1H3,(H2,13,14);1H. The van der Waals surface area contributed by atoms with Gasteiger partial charge in [0.1, 0.15) is 5.82 Å². The van der Waals surface area contributed by atoms with Gasteiger partial charge in [0.15, 0.2) is 0 Å². The third kappa shape index (κ3) is 4.15. The number of hydrogen-bond donors (Lipinski definition) is 1. The maximum absolute atomic E-state index is 5.56. The van der Waals surface area contributed by atoms with Crippen LogP contribution in [0.15, 0.2) is 18.3 Å². The lowest BCUT2D eigenvalue weighted by molar-refractivity contribution is 0.132. The van der Waals surface area contributed by atoms with E-state index in [1.54, 1.807) is 0 Å². The van der Waals surface area contributed by atoms with E-state index in [4.69, 9.17) is 5.73 Å². The fourth-order valence-electron chi connectivity index (χ4n) is 2.05. The van der Waals surface area contributed by atoms with Crippen LogP contribution in [-0.2, 0) is 6.54 Å². The Labute approximate surface area is 109 Å². The number of aromatic nitrogens is 1. The van der Waals surface area contributed by atoms with Gasteiger partial charge in [0, 0.05) is 38.9 Å². The molecular weight excluding hydrogens is 236 g/mol. The number of halogens is 1. The molecule has 0 spiro atoms. The smallest absolute Gasteiger partial charge is 0.123 e. The van der Waals surface area contributed by atoms with E-state index in [0.29, 0.717) is 5.82 Å². The van der Waals surface area contributed by atoms with Crippen molar-refractivity contribution >= 4 is 18.2 Å². The number of rotatable bonds is 3. The molecule has 5 heteroatoms. The molecule has 2 rings (SSSR count). The summed E-state index contributed by atoms with van der Waals surface area (Å²) in [5.41, 5.74) is 6.81.